The molecule has 3 nitrogen and oxygen atoms in total. The Labute approximate surface area is 73.7 Å². The fourth-order valence-corrected chi connectivity index (χ4v) is 0.501. The van der Waals surface area contributed by atoms with Gasteiger partial charge in [-0.15, -0.1) is 12.4 Å². The third-order valence-electron chi connectivity index (χ3n) is 0.961. The molecule has 0 saturated carbocycles. The van der Waals surface area contributed by atoms with Gasteiger partial charge >= 0.3 is 5.97 Å². The molecule has 0 fully saturated rings. The molecular formula is C7H16ClNO2. The van der Waals surface area contributed by atoms with Crippen LogP contribution in [-0.4, -0.2) is 18.6 Å². The Morgan fingerprint density at radius 2 is 2.18 bits per heavy atom. The highest BCUT2D eigenvalue weighted by Gasteiger charge is 2.01. The molecule has 0 bridgehead atoms. The van der Waals surface area contributed by atoms with Crippen molar-refractivity contribution in [3.63, 3.8) is 0 Å². The predicted molar refractivity (Wildman–Crippen MR) is 46.8 cm³/mol. The molecule has 4 heteroatoms. The fourth-order valence-electron chi connectivity index (χ4n) is 0.501. The normalized spacial score (nSPS) is 11.5. The summed E-state index contributed by atoms with van der Waals surface area (Å²) in [6.07, 6.45) is 1.32. The molecule has 11 heavy (non-hydrogen) atoms. The number of carbonyl (C=O) groups excluding carboxylic acids is 1. The van der Waals surface area contributed by atoms with E-state index in [2.05, 4.69) is 0 Å². The molecule has 1 atom stereocenters. The Hall–Kier alpha value is -0.280. The van der Waals surface area contributed by atoms with Crippen LogP contribution in [0.25, 0.3) is 0 Å². The molecule has 0 saturated heterocycles. The van der Waals surface area contributed by atoms with Gasteiger partial charge in [-0.25, -0.2) is 0 Å². The molecular weight excluding hydrogens is 166 g/mol. The summed E-state index contributed by atoms with van der Waals surface area (Å²) < 4.78 is 4.78. The van der Waals surface area contributed by atoms with Crippen LogP contribution in [0.5, 0.6) is 0 Å². The number of hydrogen-bond donors (Lipinski definition) is 1. The van der Waals surface area contributed by atoms with Crippen molar-refractivity contribution in [1.29, 1.82) is 0 Å². The summed E-state index contributed by atoms with van der Waals surface area (Å²) >= 11 is 0. The van der Waals surface area contributed by atoms with E-state index in [9.17, 15) is 4.79 Å². The number of hydrogen-bond acceptors (Lipinski definition) is 3. The minimum atomic E-state index is -0.153. The molecule has 0 aliphatic heterocycles. The van der Waals surface area contributed by atoms with Crippen molar-refractivity contribution < 1.29 is 9.53 Å². The Morgan fingerprint density at radius 3 is 2.55 bits per heavy atom. The number of carbonyl (C=O) groups is 1. The number of esters is 1. The monoisotopic (exact) mass is 181 g/mol. The summed E-state index contributed by atoms with van der Waals surface area (Å²) in [5.74, 6) is -0.153. The highest BCUT2D eigenvalue weighted by molar-refractivity contribution is 5.85. The number of nitrogens with two attached hydrogens (primary N) is 1. The molecule has 68 valence electrons. The highest BCUT2D eigenvalue weighted by Crippen LogP contribution is 1.91. The van der Waals surface area contributed by atoms with Crippen LogP contribution in [0.3, 0.4) is 0 Å². The van der Waals surface area contributed by atoms with Crippen LogP contribution in [0.4, 0.5) is 0 Å². The third-order valence-corrected chi connectivity index (χ3v) is 0.961. The van der Waals surface area contributed by atoms with Gasteiger partial charge in [0.25, 0.3) is 0 Å². The van der Waals surface area contributed by atoms with Gasteiger partial charge in [-0.1, -0.05) is 6.92 Å². The second-order valence-electron chi connectivity index (χ2n) is 2.41. The number of halogens is 1. The maximum atomic E-state index is 10.7. The summed E-state index contributed by atoms with van der Waals surface area (Å²) in [7, 11) is 0. The van der Waals surface area contributed by atoms with Crippen LogP contribution in [0.1, 0.15) is 26.7 Å². The molecule has 0 amide bonds. The first-order valence-corrected chi connectivity index (χ1v) is 3.58. The lowest BCUT2D eigenvalue weighted by Gasteiger charge is -2.05. The van der Waals surface area contributed by atoms with E-state index in [1.54, 1.807) is 6.92 Å². The molecule has 0 aliphatic carbocycles. The molecule has 0 radical (unpaired) electrons. The van der Waals surface area contributed by atoms with Crippen molar-refractivity contribution in [2.75, 3.05) is 6.61 Å². The predicted octanol–water partition coefficient (Wildman–Crippen LogP) is 1.10. The van der Waals surface area contributed by atoms with Crippen LogP contribution in [-0.2, 0) is 9.53 Å². The van der Waals surface area contributed by atoms with Crippen LogP contribution in [0, 0.1) is 0 Å². The van der Waals surface area contributed by atoms with E-state index < -0.39 is 0 Å². The summed E-state index contributed by atoms with van der Waals surface area (Å²) in [5, 5.41) is 0. The van der Waals surface area contributed by atoms with Crippen molar-refractivity contribution >= 4 is 18.4 Å². The lowest BCUT2D eigenvalue weighted by atomic mass is 10.3. The van der Waals surface area contributed by atoms with Gasteiger partial charge in [-0.05, 0) is 13.3 Å². The van der Waals surface area contributed by atoms with Crippen molar-refractivity contribution in [2.24, 2.45) is 5.73 Å². The van der Waals surface area contributed by atoms with Gasteiger partial charge in [0.2, 0.25) is 0 Å². The van der Waals surface area contributed by atoms with Gasteiger partial charge in [0.05, 0.1) is 0 Å². The fraction of sp³-hybridized carbons (Fsp3) is 0.857. The van der Waals surface area contributed by atoms with Crippen molar-refractivity contribution in [1.82, 2.24) is 0 Å². The van der Waals surface area contributed by atoms with E-state index in [4.69, 9.17) is 10.5 Å². The highest BCUT2D eigenvalue weighted by atomic mass is 35.5. The van der Waals surface area contributed by atoms with Gasteiger partial charge in [0, 0.05) is 12.5 Å². The van der Waals surface area contributed by atoms with E-state index in [0.717, 1.165) is 6.42 Å². The van der Waals surface area contributed by atoms with Gasteiger partial charge in [0.1, 0.15) is 6.61 Å². The van der Waals surface area contributed by atoms with Gasteiger partial charge in [-0.3, -0.25) is 4.79 Å². The summed E-state index contributed by atoms with van der Waals surface area (Å²) in [5.41, 5.74) is 5.36. The van der Waals surface area contributed by atoms with Crippen molar-refractivity contribution in [2.45, 2.75) is 32.7 Å². The Morgan fingerprint density at radius 1 is 1.64 bits per heavy atom. The first-order chi connectivity index (χ1) is 4.66. The molecule has 0 spiro atoms. The molecule has 0 rings (SSSR count). The second-order valence-corrected chi connectivity index (χ2v) is 2.41. The molecule has 0 aromatic rings. The van der Waals surface area contributed by atoms with Crippen LogP contribution in [0.15, 0.2) is 0 Å². The first-order valence-electron chi connectivity index (χ1n) is 3.58. The minimum absolute atomic E-state index is 0. The van der Waals surface area contributed by atoms with Crippen molar-refractivity contribution in [3.8, 4) is 0 Å². The van der Waals surface area contributed by atoms with E-state index in [-0.39, 0.29) is 24.4 Å². The largest absolute Gasteiger partial charge is 0.464 e. The topological polar surface area (TPSA) is 52.3 Å². The lowest BCUT2D eigenvalue weighted by Crippen LogP contribution is -2.23. The van der Waals surface area contributed by atoms with Gasteiger partial charge in [0.15, 0.2) is 0 Å². The zero-order chi connectivity index (χ0) is 7.98. The maximum Gasteiger partial charge on any atom is 0.305 e. The molecule has 0 heterocycles. The Kier molecular flexibility index (Phi) is 9.47. The Balaban J connectivity index is 0. The molecule has 0 aliphatic rings. The van der Waals surface area contributed by atoms with Crippen LogP contribution >= 0.6 is 12.4 Å². The summed E-state index contributed by atoms with van der Waals surface area (Å²) in [6, 6.07) is -0.0548. The maximum absolute atomic E-state index is 10.7. The average Bonchev–Trinajstić information content (AvgIpc) is 1.85. The zero-order valence-electron chi connectivity index (χ0n) is 7.00. The lowest BCUT2D eigenvalue weighted by molar-refractivity contribution is -0.144. The van der Waals surface area contributed by atoms with Gasteiger partial charge in [-0.2, -0.15) is 0 Å². The molecule has 1 unspecified atom stereocenters. The molecule has 2 N–H and O–H groups in total. The van der Waals surface area contributed by atoms with E-state index >= 15 is 0 Å². The average molecular weight is 182 g/mol. The smallest absolute Gasteiger partial charge is 0.305 e. The standard InChI is InChI=1S/C7H15NO2.ClH/c1-3-4-7(9)10-5-6(2)8;/h6H,3-5,8H2,1-2H3;1H. The molecule has 0 aromatic carbocycles. The van der Waals surface area contributed by atoms with Crippen LogP contribution in [0.2, 0.25) is 0 Å². The van der Waals surface area contributed by atoms with E-state index in [1.807, 2.05) is 6.92 Å². The van der Waals surface area contributed by atoms with E-state index in [1.165, 1.54) is 0 Å². The molecule has 0 aromatic heterocycles. The number of ether oxygens (including phenoxy) is 1. The van der Waals surface area contributed by atoms with Crippen molar-refractivity contribution in [3.05, 3.63) is 0 Å². The zero-order valence-corrected chi connectivity index (χ0v) is 7.82. The van der Waals surface area contributed by atoms with E-state index in [0.29, 0.717) is 13.0 Å². The quantitative estimate of drug-likeness (QED) is 0.661. The van der Waals surface area contributed by atoms with Crippen LogP contribution < -0.4 is 5.73 Å². The minimum Gasteiger partial charge on any atom is -0.464 e. The first kappa shape index (κ1) is 13.3. The van der Waals surface area contributed by atoms with Gasteiger partial charge < -0.3 is 10.5 Å². The second kappa shape index (κ2) is 7.82. The SMILES string of the molecule is CCCC(=O)OCC(C)N.Cl. The third kappa shape index (κ3) is 9.72. The summed E-state index contributed by atoms with van der Waals surface area (Å²) in [4.78, 5) is 10.7. The Bertz CT molecular complexity index is 107. The number of rotatable bonds is 4. The summed E-state index contributed by atoms with van der Waals surface area (Å²) in [6.45, 7) is 4.07.